The van der Waals surface area contributed by atoms with Crippen molar-refractivity contribution in [3.63, 3.8) is 0 Å². The third-order valence-electron chi connectivity index (χ3n) is 3.01. The SMILES string of the molecule is CCC1(CO)Cc2c(Br)cccc2N1. The molecule has 0 fully saturated rings. The van der Waals surface area contributed by atoms with Crippen molar-refractivity contribution in [1.29, 1.82) is 0 Å². The maximum atomic E-state index is 9.40. The third-order valence-corrected chi connectivity index (χ3v) is 3.76. The van der Waals surface area contributed by atoms with Crippen LogP contribution in [0.1, 0.15) is 18.9 Å². The molecule has 1 atom stereocenters. The Bertz CT molecular complexity index is 347. The number of fused-ring (bicyclic) bond motifs is 1. The summed E-state index contributed by atoms with van der Waals surface area (Å²) in [7, 11) is 0. The Balaban J connectivity index is 2.38. The molecule has 1 aliphatic heterocycles. The minimum Gasteiger partial charge on any atom is -0.394 e. The molecule has 2 nitrogen and oxygen atoms in total. The number of anilines is 1. The standard InChI is InChI=1S/C11H14BrNO/c1-2-11(7-14)6-8-9(12)4-3-5-10(8)13-11/h3-5,13-14H,2,6-7H2,1H3. The molecule has 1 heterocycles. The number of hydrogen-bond acceptors (Lipinski definition) is 2. The lowest BCUT2D eigenvalue weighted by Gasteiger charge is -2.25. The first-order valence-corrected chi connectivity index (χ1v) is 5.66. The maximum absolute atomic E-state index is 9.40. The van der Waals surface area contributed by atoms with E-state index in [4.69, 9.17) is 0 Å². The van der Waals surface area contributed by atoms with Crippen molar-refractivity contribution in [2.45, 2.75) is 25.3 Å². The van der Waals surface area contributed by atoms with Gasteiger partial charge in [-0.3, -0.25) is 0 Å². The highest BCUT2D eigenvalue weighted by atomic mass is 79.9. The predicted octanol–water partition coefficient (Wildman–Crippen LogP) is 2.56. The van der Waals surface area contributed by atoms with E-state index >= 15 is 0 Å². The van der Waals surface area contributed by atoms with Gasteiger partial charge in [0.25, 0.3) is 0 Å². The third kappa shape index (κ3) is 1.44. The van der Waals surface area contributed by atoms with E-state index < -0.39 is 0 Å². The molecular weight excluding hydrogens is 242 g/mol. The first-order chi connectivity index (χ1) is 6.71. The van der Waals surface area contributed by atoms with Crippen LogP contribution in [0.4, 0.5) is 5.69 Å². The highest BCUT2D eigenvalue weighted by Crippen LogP contribution is 2.38. The van der Waals surface area contributed by atoms with Crippen molar-refractivity contribution in [1.82, 2.24) is 0 Å². The summed E-state index contributed by atoms with van der Waals surface area (Å²) in [5, 5.41) is 12.8. The lowest BCUT2D eigenvalue weighted by molar-refractivity contribution is 0.211. The van der Waals surface area contributed by atoms with E-state index in [1.807, 2.05) is 12.1 Å². The van der Waals surface area contributed by atoms with Crippen LogP contribution in [-0.4, -0.2) is 17.3 Å². The molecule has 0 saturated carbocycles. The second-order valence-electron chi connectivity index (χ2n) is 3.86. The molecule has 0 radical (unpaired) electrons. The van der Waals surface area contributed by atoms with Gasteiger partial charge < -0.3 is 10.4 Å². The van der Waals surface area contributed by atoms with Gasteiger partial charge in [-0.05, 0) is 24.1 Å². The molecule has 14 heavy (non-hydrogen) atoms. The van der Waals surface area contributed by atoms with Gasteiger partial charge in [0, 0.05) is 16.6 Å². The van der Waals surface area contributed by atoms with Gasteiger partial charge in [0.1, 0.15) is 0 Å². The molecule has 0 aliphatic carbocycles. The molecule has 0 aromatic heterocycles. The minimum absolute atomic E-state index is 0.147. The second-order valence-corrected chi connectivity index (χ2v) is 4.71. The maximum Gasteiger partial charge on any atom is 0.0664 e. The van der Waals surface area contributed by atoms with E-state index in [0.29, 0.717) is 0 Å². The Labute approximate surface area is 92.5 Å². The van der Waals surface area contributed by atoms with E-state index in [2.05, 4.69) is 34.2 Å². The highest BCUT2D eigenvalue weighted by Gasteiger charge is 2.35. The lowest BCUT2D eigenvalue weighted by Crippen LogP contribution is -2.39. The Kier molecular flexibility index (Phi) is 2.54. The second kappa shape index (κ2) is 3.55. The van der Waals surface area contributed by atoms with Crippen LogP contribution in [0.25, 0.3) is 0 Å². The van der Waals surface area contributed by atoms with Crippen LogP contribution in [-0.2, 0) is 6.42 Å². The summed E-state index contributed by atoms with van der Waals surface area (Å²) < 4.78 is 1.13. The molecule has 76 valence electrons. The quantitative estimate of drug-likeness (QED) is 0.852. The number of aliphatic hydroxyl groups is 1. The van der Waals surface area contributed by atoms with E-state index in [1.54, 1.807) is 0 Å². The average molecular weight is 256 g/mol. The van der Waals surface area contributed by atoms with Gasteiger partial charge in [-0.15, -0.1) is 0 Å². The Hall–Kier alpha value is -0.540. The normalized spacial score (nSPS) is 24.5. The largest absolute Gasteiger partial charge is 0.394 e. The summed E-state index contributed by atoms with van der Waals surface area (Å²) >= 11 is 3.54. The van der Waals surface area contributed by atoms with Crippen LogP contribution < -0.4 is 5.32 Å². The lowest BCUT2D eigenvalue weighted by atomic mass is 9.93. The molecule has 2 rings (SSSR count). The summed E-state index contributed by atoms with van der Waals surface area (Å²) in [6.07, 6.45) is 1.83. The fourth-order valence-corrected chi connectivity index (χ4v) is 2.45. The predicted molar refractivity (Wildman–Crippen MR) is 61.6 cm³/mol. The zero-order chi connectivity index (χ0) is 10.2. The first-order valence-electron chi connectivity index (χ1n) is 4.87. The van der Waals surface area contributed by atoms with Gasteiger partial charge >= 0.3 is 0 Å². The molecule has 0 saturated heterocycles. The fourth-order valence-electron chi connectivity index (χ4n) is 1.94. The van der Waals surface area contributed by atoms with Crippen molar-refractivity contribution in [2.75, 3.05) is 11.9 Å². The number of aliphatic hydroxyl groups excluding tert-OH is 1. The van der Waals surface area contributed by atoms with Crippen molar-refractivity contribution in [2.24, 2.45) is 0 Å². The van der Waals surface area contributed by atoms with E-state index in [1.165, 1.54) is 5.56 Å². The number of nitrogens with one attached hydrogen (secondary N) is 1. The van der Waals surface area contributed by atoms with Crippen LogP contribution in [0.5, 0.6) is 0 Å². The molecule has 1 unspecified atom stereocenters. The fraction of sp³-hybridized carbons (Fsp3) is 0.455. The Morgan fingerprint density at radius 1 is 1.57 bits per heavy atom. The molecule has 1 aliphatic rings. The van der Waals surface area contributed by atoms with Crippen molar-refractivity contribution < 1.29 is 5.11 Å². The van der Waals surface area contributed by atoms with E-state index in [-0.39, 0.29) is 12.1 Å². The molecule has 1 aromatic rings. The summed E-state index contributed by atoms with van der Waals surface area (Å²) in [5.74, 6) is 0. The summed E-state index contributed by atoms with van der Waals surface area (Å²) in [6, 6.07) is 6.12. The van der Waals surface area contributed by atoms with Crippen molar-refractivity contribution >= 4 is 21.6 Å². The number of halogens is 1. The topological polar surface area (TPSA) is 32.3 Å². The summed E-state index contributed by atoms with van der Waals surface area (Å²) in [4.78, 5) is 0. The monoisotopic (exact) mass is 255 g/mol. The van der Waals surface area contributed by atoms with Crippen LogP contribution in [0.2, 0.25) is 0 Å². The number of benzene rings is 1. The van der Waals surface area contributed by atoms with Crippen molar-refractivity contribution in [3.8, 4) is 0 Å². The summed E-state index contributed by atoms with van der Waals surface area (Å²) in [5.41, 5.74) is 2.28. The van der Waals surface area contributed by atoms with E-state index in [0.717, 1.165) is 23.0 Å². The van der Waals surface area contributed by atoms with E-state index in [9.17, 15) is 5.11 Å². The zero-order valence-electron chi connectivity index (χ0n) is 8.18. The van der Waals surface area contributed by atoms with Gasteiger partial charge in [0.05, 0.1) is 12.1 Å². The van der Waals surface area contributed by atoms with Crippen LogP contribution in [0.3, 0.4) is 0 Å². The Morgan fingerprint density at radius 3 is 2.93 bits per heavy atom. The molecule has 0 amide bonds. The minimum atomic E-state index is -0.147. The Morgan fingerprint density at radius 2 is 2.36 bits per heavy atom. The molecule has 1 aromatic carbocycles. The molecule has 2 N–H and O–H groups in total. The smallest absolute Gasteiger partial charge is 0.0664 e. The van der Waals surface area contributed by atoms with Crippen molar-refractivity contribution in [3.05, 3.63) is 28.2 Å². The van der Waals surface area contributed by atoms with Gasteiger partial charge in [-0.25, -0.2) is 0 Å². The highest BCUT2D eigenvalue weighted by molar-refractivity contribution is 9.10. The molecule has 3 heteroatoms. The van der Waals surface area contributed by atoms with Gasteiger partial charge in [0.15, 0.2) is 0 Å². The van der Waals surface area contributed by atoms with Gasteiger partial charge in [-0.2, -0.15) is 0 Å². The van der Waals surface area contributed by atoms with Gasteiger partial charge in [0.2, 0.25) is 0 Å². The van der Waals surface area contributed by atoms with Crippen LogP contribution >= 0.6 is 15.9 Å². The average Bonchev–Trinajstić information content (AvgIpc) is 2.59. The van der Waals surface area contributed by atoms with Gasteiger partial charge in [-0.1, -0.05) is 28.9 Å². The first kappa shape index (κ1) is 9.99. The molecule has 0 spiro atoms. The molecular formula is C11H14BrNO. The number of hydrogen-bond donors (Lipinski definition) is 2. The number of rotatable bonds is 2. The van der Waals surface area contributed by atoms with Crippen LogP contribution in [0.15, 0.2) is 22.7 Å². The summed E-state index contributed by atoms with van der Waals surface area (Å²) in [6.45, 7) is 2.29. The zero-order valence-corrected chi connectivity index (χ0v) is 9.76. The molecule has 0 bridgehead atoms. The van der Waals surface area contributed by atoms with Crippen LogP contribution in [0, 0.1) is 0 Å².